The second-order valence-electron chi connectivity index (χ2n) is 8.36. The summed E-state index contributed by atoms with van der Waals surface area (Å²) in [7, 11) is 0. The van der Waals surface area contributed by atoms with Crippen LogP contribution in [0.5, 0.6) is 0 Å². The molecule has 0 rings (SSSR count). The molecule has 2 unspecified atom stereocenters. The van der Waals surface area contributed by atoms with E-state index in [1.54, 1.807) is 0 Å². The highest BCUT2D eigenvalue weighted by atomic mass is 16.5. The first-order chi connectivity index (χ1) is 14.3. The van der Waals surface area contributed by atoms with Gasteiger partial charge in [0, 0.05) is 0 Å². The standard InChI is InChI=1S/C24H46O6/c1-19(2)23(21(27)17-25)29-15-13-11-9-7-5-6-8-10-12-14-16-30-24(20(3)4)22(28)18-26/h21-22,25-28H,5-18H2,1-4H3. The van der Waals surface area contributed by atoms with Crippen molar-refractivity contribution in [1.82, 2.24) is 0 Å². The van der Waals surface area contributed by atoms with Gasteiger partial charge in [0.25, 0.3) is 0 Å². The second kappa shape index (κ2) is 18.7. The van der Waals surface area contributed by atoms with Gasteiger partial charge in [0.05, 0.1) is 26.4 Å². The third kappa shape index (κ3) is 14.0. The summed E-state index contributed by atoms with van der Waals surface area (Å²) < 4.78 is 11.3. The van der Waals surface area contributed by atoms with Gasteiger partial charge in [-0.15, -0.1) is 0 Å². The summed E-state index contributed by atoms with van der Waals surface area (Å²) >= 11 is 0. The summed E-state index contributed by atoms with van der Waals surface area (Å²) in [6, 6.07) is 0. The molecule has 30 heavy (non-hydrogen) atoms. The molecule has 178 valence electrons. The smallest absolute Gasteiger partial charge is 0.134 e. The Kier molecular flexibility index (Phi) is 18.0. The lowest BCUT2D eigenvalue weighted by Gasteiger charge is -2.16. The number of allylic oxidation sites excluding steroid dienone is 2. The summed E-state index contributed by atoms with van der Waals surface area (Å²) in [6.45, 7) is 8.07. The Morgan fingerprint density at radius 2 is 0.800 bits per heavy atom. The van der Waals surface area contributed by atoms with E-state index >= 15 is 0 Å². The van der Waals surface area contributed by atoms with Crippen LogP contribution in [0.3, 0.4) is 0 Å². The first-order valence-electron chi connectivity index (χ1n) is 11.5. The predicted octanol–water partition coefficient (Wildman–Crippen LogP) is 4.21. The molecular formula is C24H46O6. The second-order valence-corrected chi connectivity index (χ2v) is 8.36. The number of rotatable bonds is 19. The third-order valence-electron chi connectivity index (χ3n) is 4.99. The molecule has 0 aliphatic heterocycles. The molecule has 6 nitrogen and oxygen atoms in total. The zero-order valence-corrected chi connectivity index (χ0v) is 19.7. The average molecular weight is 431 g/mol. The Morgan fingerprint density at radius 1 is 0.533 bits per heavy atom. The van der Waals surface area contributed by atoms with Crippen LogP contribution in [0.1, 0.15) is 91.9 Å². The molecule has 0 aromatic rings. The van der Waals surface area contributed by atoms with Gasteiger partial charge in [-0.2, -0.15) is 0 Å². The molecular weight excluding hydrogens is 384 g/mol. The number of aliphatic hydroxyl groups excluding tert-OH is 4. The number of ether oxygens (including phenoxy) is 2. The van der Waals surface area contributed by atoms with Crippen LogP contribution in [0.2, 0.25) is 0 Å². The van der Waals surface area contributed by atoms with Gasteiger partial charge in [-0.05, 0) is 51.7 Å². The quantitative estimate of drug-likeness (QED) is 0.181. The molecule has 2 atom stereocenters. The predicted molar refractivity (Wildman–Crippen MR) is 121 cm³/mol. The number of hydrogen-bond donors (Lipinski definition) is 4. The molecule has 0 amide bonds. The fourth-order valence-electron chi connectivity index (χ4n) is 3.30. The van der Waals surface area contributed by atoms with E-state index in [4.69, 9.17) is 19.7 Å². The minimum atomic E-state index is -0.914. The normalized spacial score (nSPS) is 12.9. The topological polar surface area (TPSA) is 99.4 Å². The van der Waals surface area contributed by atoms with Gasteiger partial charge < -0.3 is 29.9 Å². The molecule has 6 heteroatoms. The highest BCUT2D eigenvalue weighted by Gasteiger charge is 2.13. The lowest BCUT2D eigenvalue weighted by Crippen LogP contribution is -2.19. The fourth-order valence-corrected chi connectivity index (χ4v) is 3.30. The molecule has 0 saturated heterocycles. The van der Waals surface area contributed by atoms with Gasteiger partial charge in [-0.1, -0.05) is 51.4 Å². The Balaban J connectivity index is 3.55. The van der Waals surface area contributed by atoms with E-state index in [1.165, 1.54) is 38.5 Å². The minimum Gasteiger partial charge on any atom is -0.495 e. The van der Waals surface area contributed by atoms with Gasteiger partial charge in [-0.3, -0.25) is 0 Å². The van der Waals surface area contributed by atoms with Gasteiger partial charge in [0.2, 0.25) is 0 Å². The molecule has 0 radical (unpaired) electrons. The molecule has 0 spiro atoms. The van der Waals surface area contributed by atoms with Gasteiger partial charge in [-0.25, -0.2) is 0 Å². The Hall–Kier alpha value is -1.08. The van der Waals surface area contributed by atoms with Crippen molar-refractivity contribution in [2.24, 2.45) is 0 Å². The van der Waals surface area contributed by atoms with E-state index in [2.05, 4.69) is 0 Å². The van der Waals surface area contributed by atoms with Crippen molar-refractivity contribution in [3.05, 3.63) is 22.7 Å². The number of aliphatic hydroxyl groups is 4. The molecule has 0 bridgehead atoms. The van der Waals surface area contributed by atoms with Crippen molar-refractivity contribution in [3.8, 4) is 0 Å². The van der Waals surface area contributed by atoms with Crippen LogP contribution in [0.15, 0.2) is 22.7 Å². The summed E-state index contributed by atoms with van der Waals surface area (Å²) in [6.07, 6.45) is 9.72. The van der Waals surface area contributed by atoms with E-state index < -0.39 is 12.2 Å². The maximum atomic E-state index is 9.70. The third-order valence-corrected chi connectivity index (χ3v) is 4.99. The van der Waals surface area contributed by atoms with E-state index in [0.29, 0.717) is 24.7 Å². The zero-order valence-electron chi connectivity index (χ0n) is 19.7. The van der Waals surface area contributed by atoms with Crippen LogP contribution >= 0.6 is 0 Å². The van der Waals surface area contributed by atoms with E-state index in [0.717, 1.165) is 36.8 Å². The molecule has 0 saturated carbocycles. The number of unbranched alkanes of at least 4 members (excludes halogenated alkanes) is 9. The molecule has 0 aliphatic rings. The van der Waals surface area contributed by atoms with E-state index in [1.807, 2.05) is 27.7 Å². The molecule has 0 fully saturated rings. The Labute approximate surface area is 183 Å². The molecule has 0 heterocycles. The SMILES string of the molecule is CC(C)=C(OCCCCCCCCCCCCOC(=C(C)C)C(O)CO)C(O)CO. The van der Waals surface area contributed by atoms with Crippen LogP contribution in [-0.2, 0) is 9.47 Å². The van der Waals surface area contributed by atoms with Crippen molar-refractivity contribution >= 4 is 0 Å². The summed E-state index contributed by atoms with van der Waals surface area (Å²) in [5.74, 6) is 1.01. The van der Waals surface area contributed by atoms with Crippen LogP contribution in [0.25, 0.3) is 0 Å². The van der Waals surface area contributed by atoms with Crippen LogP contribution in [0.4, 0.5) is 0 Å². The Bertz CT molecular complexity index is 434. The Morgan fingerprint density at radius 3 is 1.03 bits per heavy atom. The summed E-state index contributed by atoms with van der Waals surface area (Å²) in [4.78, 5) is 0. The van der Waals surface area contributed by atoms with Gasteiger partial charge >= 0.3 is 0 Å². The number of hydrogen-bond acceptors (Lipinski definition) is 6. The maximum absolute atomic E-state index is 9.70. The maximum Gasteiger partial charge on any atom is 0.134 e. The van der Waals surface area contributed by atoms with Crippen molar-refractivity contribution in [2.75, 3.05) is 26.4 Å². The lowest BCUT2D eigenvalue weighted by atomic mass is 10.1. The molecule has 0 aromatic carbocycles. The molecule has 4 N–H and O–H groups in total. The highest BCUT2D eigenvalue weighted by molar-refractivity contribution is 5.08. The average Bonchev–Trinajstić information content (AvgIpc) is 2.71. The summed E-state index contributed by atoms with van der Waals surface area (Å²) in [5, 5.41) is 37.5. The molecule has 0 aliphatic carbocycles. The van der Waals surface area contributed by atoms with Gasteiger partial charge in [0.1, 0.15) is 23.7 Å². The van der Waals surface area contributed by atoms with Crippen LogP contribution in [-0.4, -0.2) is 59.1 Å². The lowest BCUT2D eigenvalue weighted by molar-refractivity contribution is 0.0557. The van der Waals surface area contributed by atoms with Gasteiger partial charge in [0.15, 0.2) is 0 Å². The van der Waals surface area contributed by atoms with Crippen molar-refractivity contribution in [1.29, 1.82) is 0 Å². The molecule has 0 aromatic heterocycles. The minimum absolute atomic E-state index is 0.309. The van der Waals surface area contributed by atoms with Crippen molar-refractivity contribution < 1.29 is 29.9 Å². The highest BCUT2D eigenvalue weighted by Crippen LogP contribution is 2.15. The first kappa shape index (κ1) is 28.9. The van der Waals surface area contributed by atoms with E-state index in [9.17, 15) is 10.2 Å². The monoisotopic (exact) mass is 430 g/mol. The zero-order chi connectivity index (χ0) is 22.8. The fraction of sp³-hybridized carbons (Fsp3) is 0.833. The summed E-state index contributed by atoms with van der Waals surface area (Å²) in [5.41, 5.74) is 1.81. The van der Waals surface area contributed by atoms with Crippen LogP contribution < -0.4 is 0 Å². The van der Waals surface area contributed by atoms with Crippen LogP contribution in [0, 0.1) is 0 Å². The largest absolute Gasteiger partial charge is 0.495 e. The van der Waals surface area contributed by atoms with Crippen molar-refractivity contribution in [2.45, 2.75) is 104 Å². The van der Waals surface area contributed by atoms with E-state index in [-0.39, 0.29) is 13.2 Å². The van der Waals surface area contributed by atoms with Crippen molar-refractivity contribution in [3.63, 3.8) is 0 Å². The first-order valence-corrected chi connectivity index (χ1v) is 11.5.